The number of Topliss-reactive ketones (excluding diaryl/α,β-unsaturated/α-hetero) is 1. The van der Waals surface area contributed by atoms with Crippen molar-refractivity contribution in [2.24, 2.45) is 11.1 Å². The minimum absolute atomic E-state index is 0.0784. The van der Waals surface area contributed by atoms with Gasteiger partial charge in [0.15, 0.2) is 5.78 Å². The summed E-state index contributed by atoms with van der Waals surface area (Å²) in [7, 11) is 0. The van der Waals surface area contributed by atoms with E-state index in [-0.39, 0.29) is 11.2 Å². The lowest BCUT2D eigenvalue weighted by atomic mass is 9.69. The summed E-state index contributed by atoms with van der Waals surface area (Å²) in [4.78, 5) is 13.4. The molecule has 1 aromatic carbocycles. The molecular formula is C22H25ClN4O2. The topological polar surface area (TPSA) is 82.6 Å². The molecule has 2 heterocycles. The number of allylic oxidation sites excluding steroid dienone is 3. The highest BCUT2D eigenvalue weighted by Crippen LogP contribution is 2.49. The quantitative estimate of drug-likeness (QED) is 0.802. The molecule has 0 saturated carbocycles. The second kappa shape index (κ2) is 7.49. The Labute approximate surface area is 176 Å². The predicted molar refractivity (Wildman–Crippen MR) is 110 cm³/mol. The van der Waals surface area contributed by atoms with Crippen molar-refractivity contribution in [3.63, 3.8) is 0 Å². The zero-order valence-corrected chi connectivity index (χ0v) is 17.5. The minimum atomic E-state index is -0.465. The molecule has 6 nitrogen and oxygen atoms in total. The Balaban J connectivity index is 1.91. The van der Waals surface area contributed by atoms with Crippen molar-refractivity contribution >= 4 is 17.4 Å². The van der Waals surface area contributed by atoms with E-state index in [0.29, 0.717) is 54.7 Å². The SMILES string of the molecule is CC1(C)CC(=O)C2=C(C1)N(N1CCOCC1)C(N)=C(C#N)C2c1ccc(Cl)cc1. The molecule has 4 rings (SSSR count). The van der Waals surface area contributed by atoms with Gasteiger partial charge in [-0.25, -0.2) is 5.01 Å². The molecule has 2 N–H and O–H groups in total. The summed E-state index contributed by atoms with van der Waals surface area (Å²) >= 11 is 6.07. The Morgan fingerprint density at radius 2 is 1.86 bits per heavy atom. The van der Waals surface area contributed by atoms with Gasteiger partial charge < -0.3 is 10.5 Å². The number of ketones is 1. The van der Waals surface area contributed by atoms with E-state index in [1.165, 1.54) is 0 Å². The van der Waals surface area contributed by atoms with Crippen LogP contribution in [0.5, 0.6) is 0 Å². The van der Waals surface area contributed by atoms with Gasteiger partial charge in [0.2, 0.25) is 0 Å². The number of hydrogen-bond donors (Lipinski definition) is 1. The molecule has 3 aliphatic rings. The fourth-order valence-electron chi connectivity index (χ4n) is 4.56. The molecule has 0 aromatic heterocycles. The Hall–Kier alpha value is -2.33. The van der Waals surface area contributed by atoms with E-state index in [2.05, 4.69) is 24.9 Å². The second-order valence-corrected chi connectivity index (χ2v) is 9.01. The van der Waals surface area contributed by atoms with E-state index in [9.17, 15) is 10.1 Å². The van der Waals surface area contributed by atoms with Crippen LogP contribution in [0.3, 0.4) is 0 Å². The van der Waals surface area contributed by atoms with Crippen molar-refractivity contribution in [1.82, 2.24) is 10.0 Å². The zero-order chi connectivity index (χ0) is 20.8. The number of nitrogens with zero attached hydrogens (tertiary/aromatic N) is 3. The van der Waals surface area contributed by atoms with Crippen LogP contribution < -0.4 is 5.73 Å². The van der Waals surface area contributed by atoms with Crippen molar-refractivity contribution < 1.29 is 9.53 Å². The number of nitriles is 1. The Morgan fingerprint density at radius 1 is 1.21 bits per heavy atom. The number of ether oxygens (including phenoxy) is 1. The van der Waals surface area contributed by atoms with Crippen LogP contribution in [0, 0.1) is 16.7 Å². The van der Waals surface area contributed by atoms with Crippen LogP contribution in [0.4, 0.5) is 0 Å². The van der Waals surface area contributed by atoms with Crippen LogP contribution in [0.2, 0.25) is 5.02 Å². The van der Waals surface area contributed by atoms with Crippen molar-refractivity contribution in [3.8, 4) is 6.07 Å². The fraction of sp³-hybridized carbons (Fsp3) is 0.455. The number of halogens is 1. The molecule has 1 aliphatic carbocycles. The van der Waals surface area contributed by atoms with Crippen molar-refractivity contribution in [3.05, 3.63) is 57.5 Å². The summed E-state index contributed by atoms with van der Waals surface area (Å²) < 4.78 is 5.49. The molecular weight excluding hydrogens is 388 g/mol. The van der Waals surface area contributed by atoms with Gasteiger partial charge in [0.25, 0.3) is 0 Å². The lowest BCUT2D eigenvalue weighted by Gasteiger charge is -2.48. The van der Waals surface area contributed by atoms with Gasteiger partial charge in [0.1, 0.15) is 5.82 Å². The van der Waals surface area contributed by atoms with Gasteiger partial charge in [-0.15, -0.1) is 0 Å². The highest BCUT2D eigenvalue weighted by Gasteiger charge is 2.45. The number of rotatable bonds is 2. The van der Waals surface area contributed by atoms with Crippen LogP contribution in [-0.4, -0.2) is 42.1 Å². The fourth-order valence-corrected chi connectivity index (χ4v) is 4.68. The maximum absolute atomic E-state index is 13.4. The molecule has 29 heavy (non-hydrogen) atoms. The van der Waals surface area contributed by atoms with Crippen LogP contribution in [0.15, 0.2) is 46.9 Å². The average Bonchev–Trinajstić information content (AvgIpc) is 2.67. The summed E-state index contributed by atoms with van der Waals surface area (Å²) in [5, 5.41) is 14.7. The summed E-state index contributed by atoms with van der Waals surface area (Å²) in [6.45, 7) is 6.71. The monoisotopic (exact) mass is 412 g/mol. The van der Waals surface area contributed by atoms with Crippen LogP contribution in [0.1, 0.15) is 38.2 Å². The van der Waals surface area contributed by atoms with Crippen LogP contribution in [0.25, 0.3) is 0 Å². The first-order valence-corrected chi connectivity index (χ1v) is 10.2. The number of carbonyl (C=O) groups is 1. The summed E-state index contributed by atoms with van der Waals surface area (Å²) in [6.07, 6.45) is 1.17. The molecule has 1 unspecified atom stereocenters. The third kappa shape index (κ3) is 3.55. The van der Waals surface area contributed by atoms with Crippen molar-refractivity contribution in [2.75, 3.05) is 26.3 Å². The molecule has 0 spiro atoms. The number of morpholine rings is 1. The molecule has 7 heteroatoms. The summed E-state index contributed by atoms with van der Waals surface area (Å²) in [5.41, 5.74) is 9.28. The largest absolute Gasteiger partial charge is 0.383 e. The average molecular weight is 413 g/mol. The molecule has 1 atom stereocenters. The second-order valence-electron chi connectivity index (χ2n) is 8.57. The number of hydrazine groups is 1. The maximum Gasteiger partial charge on any atom is 0.162 e. The molecule has 0 bridgehead atoms. The van der Waals surface area contributed by atoms with Gasteiger partial charge in [0.05, 0.1) is 30.8 Å². The first-order valence-electron chi connectivity index (χ1n) is 9.86. The Bertz CT molecular complexity index is 937. The minimum Gasteiger partial charge on any atom is -0.383 e. The predicted octanol–water partition coefficient (Wildman–Crippen LogP) is 3.32. The molecule has 1 fully saturated rings. The summed E-state index contributed by atoms with van der Waals surface area (Å²) in [5.74, 6) is 0.0152. The van der Waals surface area contributed by atoms with E-state index in [1.807, 2.05) is 17.1 Å². The van der Waals surface area contributed by atoms with Crippen molar-refractivity contribution in [1.29, 1.82) is 5.26 Å². The van der Waals surface area contributed by atoms with E-state index >= 15 is 0 Å². The Morgan fingerprint density at radius 3 is 2.48 bits per heavy atom. The van der Waals surface area contributed by atoms with Gasteiger partial charge >= 0.3 is 0 Å². The van der Waals surface area contributed by atoms with E-state index in [4.69, 9.17) is 22.1 Å². The highest BCUT2D eigenvalue weighted by molar-refractivity contribution is 6.30. The first-order chi connectivity index (χ1) is 13.8. The third-order valence-corrected chi connectivity index (χ3v) is 6.08. The van der Waals surface area contributed by atoms with Crippen LogP contribution >= 0.6 is 11.6 Å². The highest BCUT2D eigenvalue weighted by atomic mass is 35.5. The summed E-state index contributed by atoms with van der Waals surface area (Å²) in [6, 6.07) is 9.62. The molecule has 1 aromatic rings. The molecule has 152 valence electrons. The van der Waals surface area contributed by atoms with Gasteiger partial charge in [-0.1, -0.05) is 37.6 Å². The van der Waals surface area contributed by atoms with E-state index < -0.39 is 5.92 Å². The lowest BCUT2D eigenvalue weighted by Crippen LogP contribution is -2.53. The molecule has 0 amide bonds. The number of hydrogen-bond acceptors (Lipinski definition) is 6. The van der Waals surface area contributed by atoms with Gasteiger partial charge in [-0.05, 0) is 29.5 Å². The number of carbonyl (C=O) groups excluding carboxylic acids is 1. The molecule has 1 saturated heterocycles. The standard InChI is InChI=1S/C22H25ClN4O2/c1-22(2)11-17-20(18(28)12-22)19(14-3-5-15(23)6-4-14)16(13-24)21(25)27(17)26-7-9-29-10-8-26/h3-6,19H,7-12,25H2,1-2H3. The van der Waals surface area contributed by atoms with Gasteiger partial charge in [0, 0.05) is 35.8 Å². The van der Waals surface area contributed by atoms with Crippen LogP contribution in [-0.2, 0) is 9.53 Å². The molecule has 0 radical (unpaired) electrons. The van der Waals surface area contributed by atoms with Crippen molar-refractivity contribution in [2.45, 2.75) is 32.6 Å². The van der Waals surface area contributed by atoms with Gasteiger partial charge in [-0.3, -0.25) is 9.80 Å². The van der Waals surface area contributed by atoms with E-state index in [1.54, 1.807) is 12.1 Å². The number of benzene rings is 1. The lowest BCUT2D eigenvalue weighted by molar-refractivity contribution is -0.119. The number of nitrogens with two attached hydrogens (primary N) is 1. The maximum atomic E-state index is 13.4. The normalized spacial score (nSPS) is 25.1. The first kappa shape index (κ1) is 20.0. The third-order valence-electron chi connectivity index (χ3n) is 5.83. The molecule has 2 aliphatic heterocycles. The van der Waals surface area contributed by atoms with Gasteiger partial charge in [-0.2, -0.15) is 5.26 Å². The smallest absolute Gasteiger partial charge is 0.162 e. The Kier molecular flexibility index (Phi) is 5.16. The van der Waals surface area contributed by atoms with E-state index in [0.717, 1.165) is 17.7 Å². The zero-order valence-electron chi connectivity index (χ0n) is 16.7.